The molecule has 4 aromatic carbocycles. The standard InChI is InChI=1S/C31H27ClN2O5S/c1-39-30(35)17-21-9-11-22(12-10-21)20-33-31(36)29-19-25-5-2-3-8-28(25)34(29)40(37,38)27-15-13-23(14-16-27)24-6-4-7-26(32)18-24/h2-16,18,29H,17,19-20H2,1H3,(H,33,36)/t29-/m0/s1. The molecule has 40 heavy (non-hydrogen) atoms. The van der Waals surface area contributed by atoms with Crippen molar-refractivity contribution in [2.45, 2.75) is 30.3 Å². The number of nitrogens with one attached hydrogen (secondary N) is 1. The molecule has 4 aromatic rings. The molecule has 0 saturated carbocycles. The van der Waals surface area contributed by atoms with E-state index in [2.05, 4.69) is 5.32 Å². The SMILES string of the molecule is COC(=O)Cc1ccc(CNC(=O)[C@@H]2Cc3ccccc3N2S(=O)(=O)c2ccc(-c3cccc(Cl)c3)cc2)cc1. The zero-order valence-electron chi connectivity index (χ0n) is 21.7. The second kappa shape index (κ2) is 11.5. The summed E-state index contributed by atoms with van der Waals surface area (Å²) in [5, 5.41) is 3.48. The van der Waals surface area contributed by atoms with Crippen LogP contribution in [0.15, 0.2) is 102 Å². The highest BCUT2D eigenvalue weighted by molar-refractivity contribution is 7.93. The van der Waals surface area contributed by atoms with Crippen molar-refractivity contribution in [3.63, 3.8) is 0 Å². The molecule has 1 aliphatic rings. The van der Waals surface area contributed by atoms with Crippen LogP contribution in [0.4, 0.5) is 5.69 Å². The molecule has 1 N–H and O–H groups in total. The van der Waals surface area contributed by atoms with E-state index in [1.807, 2.05) is 42.5 Å². The number of benzene rings is 4. The monoisotopic (exact) mass is 574 g/mol. The molecule has 5 rings (SSSR count). The molecule has 1 amide bonds. The fourth-order valence-corrected chi connectivity index (χ4v) is 6.62. The van der Waals surface area contributed by atoms with Gasteiger partial charge in [-0.05, 0) is 58.1 Å². The van der Waals surface area contributed by atoms with Crippen LogP contribution in [0, 0.1) is 0 Å². The van der Waals surface area contributed by atoms with Crippen molar-refractivity contribution < 1.29 is 22.7 Å². The number of anilines is 1. The van der Waals surface area contributed by atoms with E-state index in [0.717, 1.165) is 27.8 Å². The van der Waals surface area contributed by atoms with Gasteiger partial charge in [-0.3, -0.25) is 13.9 Å². The van der Waals surface area contributed by atoms with Gasteiger partial charge in [-0.1, -0.05) is 78.3 Å². The maximum absolute atomic E-state index is 13.9. The summed E-state index contributed by atoms with van der Waals surface area (Å²) in [5.74, 6) is -0.726. The van der Waals surface area contributed by atoms with E-state index >= 15 is 0 Å². The Labute approximate surface area is 238 Å². The molecule has 204 valence electrons. The Kier molecular flexibility index (Phi) is 7.91. The third-order valence-corrected chi connectivity index (χ3v) is 8.94. The number of esters is 1. The van der Waals surface area contributed by atoms with E-state index in [-0.39, 0.29) is 30.3 Å². The summed E-state index contributed by atoms with van der Waals surface area (Å²) < 4.78 is 33.8. The van der Waals surface area contributed by atoms with Crippen molar-refractivity contribution in [1.82, 2.24) is 5.32 Å². The Morgan fingerprint density at radius 2 is 1.60 bits per heavy atom. The molecule has 1 atom stereocenters. The molecule has 9 heteroatoms. The number of nitrogens with zero attached hydrogens (tertiary/aromatic N) is 1. The smallest absolute Gasteiger partial charge is 0.309 e. The number of hydrogen-bond acceptors (Lipinski definition) is 5. The molecule has 7 nitrogen and oxygen atoms in total. The van der Waals surface area contributed by atoms with Crippen LogP contribution in [0.3, 0.4) is 0 Å². The fraction of sp³-hybridized carbons (Fsp3) is 0.161. The minimum atomic E-state index is -4.05. The first-order valence-electron chi connectivity index (χ1n) is 12.7. The predicted octanol–water partition coefficient (Wildman–Crippen LogP) is 5.16. The lowest BCUT2D eigenvalue weighted by molar-refractivity contribution is -0.139. The minimum absolute atomic E-state index is 0.0916. The lowest BCUT2D eigenvalue weighted by atomic mass is 10.1. The first-order chi connectivity index (χ1) is 19.3. The average molecular weight is 575 g/mol. The van der Waals surface area contributed by atoms with Crippen molar-refractivity contribution in [3.8, 4) is 11.1 Å². The Hall–Kier alpha value is -4.14. The van der Waals surface area contributed by atoms with Crippen LogP contribution in [0.5, 0.6) is 0 Å². The van der Waals surface area contributed by atoms with E-state index < -0.39 is 22.0 Å². The molecule has 0 unspecified atom stereocenters. The van der Waals surface area contributed by atoms with E-state index in [0.29, 0.717) is 10.7 Å². The summed E-state index contributed by atoms with van der Waals surface area (Å²) >= 11 is 6.12. The molecule has 0 fully saturated rings. The number of ether oxygens (including phenoxy) is 1. The minimum Gasteiger partial charge on any atom is -0.469 e. The number of amides is 1. The quantitative estimate of drug-likeness (QED) is 0.294. The van der Waals surface area contributed by atoms with Crippen molar-refractivity contribution in [2.75, 3.05) is 11.4 Å². The Morgan fingerprint density at radius 1 is 0.900 bits per heavy atom. The van der Waals surface area contributed by atoms with Crippen LogP contribution >= 0.6 is 11.6 Å². The number of carbonyl (C=O) groups excluding carboxylic acids is 2. The molecule has 1 heterocycles. The summed E-state index contributed by atoms with van der Waals surface area (Å²) in [5.41, 5.74) is 4.60. The molecule has 0 spiro atoms. The number of halogens is 1. The Morgan fingerprint density at radius 3 is 2.30 bits per heavy atom. The number of sulfonamides is 1. The van der Waals surface area contributed by atoms with Crippen LogP contribution in [-0.2, 0) is 43.7 Å². The Bertz CT molecular complexity index is 1650. The Balaban J connectivity index is 1.36. The summed E-state index contributed by atoms with van der Waals surface area (Å²) in [6, 6.07) is 27.4. The number of fused-ring (bicyclic) bond motifs is 1. The number of methoxy groups -OCH3 is 1. The van der Waals surface area contributed by atoms with Crippen LogP contribution in [0.25, 0.3) is 11.1 Å². The van der Waals surface area contributed by atoms with Gasteiger partial charge in [-0.25, -0.2) is 8.42 Å². The van der Waals surface area contributed by atoms with E-state index in [4.69, 9.17) is 16.3 Å². The third-order valence-electron chi connectivity index (χ3n) is 6.86. The molecular formula is C31H27ClN2O5S. The molecule has 0 radical (unpaired) electrons. The second-order valence-electron chi connectivity index (χ2n) is 9.47. The summed E-state index contributed by atoms with van der Waals surface area (Å²) in [7, 11) is -2.71. The normalized spacial score (nSPS) is 14.4. The number of hydrogen-bond donors (Lipinski definition) is 1. The van der Waals surface area contributed by atoms with E-state index in [9.17, 15) is 18.0 Å². The maximum atomic E-state index is 13.9. The molecular weight excluding hydrogens is 548 g/mol. The van der Waals surface area contributed by atoms with Crippen molar-refractivity contribution in [3.05, 3.63) is 119 Å². The van der Waals surface area contributed by atoms with Crippen LogP contribution in [0.2, 0.25) is 5.02 Å². The van der Waals surface area contributed by atoms with Crippen molar-refractivity contribution >= 4 is 39.2 Å². The highest BCUT2D eigenvalue weighted by Gasteiger charge is 2.42. The van der Waals surface area contributed by atoms with Gasteiger partial charge in [-0.15, -0.1) is 0 Å². The molecule has 1 aliphatic heterocycles. The van der Waals surface area contributed by atoms with Gasteiger partial charge in [0, 0.05) is 18.0 Å². The largest absolute Gasteiger partial charge is 0.469 e. The lowest BCUT2D eigenvalue weighted by Crippen LogP contribution is -2.47. The molecule has 0 aromatic heterocycles. The van der Waals surface area contributed by atoms with Gasteiger partial charge in [0.2, 0.25) is 5.91 Å². The number of carbonyl (C=O) groups is 2. The number of para-hydroxylation sites is 1. The average Bonchev–Trinajstić information content (AvgIpc) is 3.37. The summed E-state index contributed by atoms with van der Waals surface area (Å²) in [6.07, 6.45) is 0.427. The maximum Gasteiger partial charge on any atom is 0.309 e. The van der Waals surface area contributed by atoms with Gasteiger partial charge in [0.25, 0.3) is 10.0 Å². The van der Waals surface area contributed by atoms with Crippen molar-refractivity contribution in [1.29, 1.82) is 0 Å². The van der Waals surface area contributed by atoms with E-state index in [1.165, 1.54) is 11.4 Å². The third kappa shape index (κ3) is 5.73. The van der Waals surface area contributed by atoms with Gasteiger partial charge < -0.3 is 10.1 Å². The number of rotatable bonds is 8. The van der Waals surface area contributed by atoms with Crippen LogP contribution < -0.4 is 9.62 Å². The zero-order valence-corrected chi connectivity index (χ0v) is 23.3. The van der Waals surface area contributed by atoms with Gasteiger partial charge in [0.15, 0.2) is 0 Å². The van der Waals surface area contributed by atoms with E-state index in [1.54, 1.807) is 54.6 Å². The van der Waals surface area contributed by atoms with Crippen LogP contribution in [-0.4, -0.2) is 33.4 Å². The highest BCUT2D eigenvalue weighted by Crippen LogP contribution is 2.37. The molecule has 0 aliphatic carbocycles. The van der Waals surface area contributed by atoms with Gasteiger partial charge in [0.05, 0.1) is 24.1 Å². The lowest BCUT2D eigenvalue weighted by Gasteiger charge is -2.26. The first kappa shape index (κ1) is 27.4. The molecule has 0 bridgehead atoms. The zero-order chi connectivity index (χ0) is 28.3. The summed E-state index contributed by atoms with van der Waals surface area (Å²) in [4.78, 5) is 25.0. The highest BCUT2D eigenvalue weighted by atomic mass is 35.5. The predicted molar refractivity (Wildman–Crippen MR) is 154 cm³/mol. The first-order valence-corrected chi connectivity index (χ1v) is 14.5. The fourth-order valence-electron chi connectivity index (χ4n) is 4.78. The van der Waals surface area contributed by atoms with Gasteiger partial charge >= 0.3 is 5.97 Å². The van der Waals surface area contributed by atoms with Crippen molar-refractivity contribution in [2.24, 2.45) is 0 Å². The van der Waals surface area contributed by atoms with Gasteiger partial charge in [-0.2, -0.15) is 0 Å². The topological polar surface area (TPSA) is 92.8 Å². The van der Waals surface area contributed by atoms with Gasteiger partial charge in [0.1, 0.15) is 6.04 Å². The second-order valence-corrected chi connectivity index (χ2v) is 11.7. The van der Waals surface area contributed by atoms with Crippen LogP contribution in [0.1, 0.15) is 16.7 Å². The molecule has 0 saturated heterocycles. The summed E-state index contributed by atoms with van der Waals surface area (Å²) in [6.45, 7) is 0.215.